The number of likely N-dealkylation sites (N-methyl/N-ethyl adjacent to an activating group) is 1. The molecule has 1 atom stereocenters. The van der Waals surface area contributed by atoms with Crippen molar-refractivity contribution in [3.05, 3.63) is 18.3 Å². The first-order valence-corrected chi connectivity index (χ1v) is 7.21. The van der Waals surface area contributed by atoms with Gasteiger partial charge in [0.1, 0.15) is 6.04 Å². The highest BCUT2D eigenvalue weighted by Gasteiger charge is 2.38. The minimum absolute atomic E-state index is 0.101. The van der Waals surface area contributed by atoms with Gasteiger partial charge in [-0.15, -0.1) is 0 Å². The molecule has 4 heteroatoms. The first kappa shape index (κ1) is 12.5. The van der Waals surface area contributed by atoms with Crippen LogP contribution in [0.4, 0.5) is 11.5 Å². The molecule has 0 radical (unpaired) electrons. The number of carbonyl (C=O) groups is 1. The molecule has 1 fully saturated rings. The second kappa shape index (κ2) is 4.83. The van der Waals surface area contributed by atoms with E-state index in [4.69, 9.17) is 0 Å². The summed E-state index contributed by atoms with van der Waals surface area (Å²) in [5, 5.41) is 0. The van der Waals surface area contributed by atoms with Gasteiger partial charge in [0.2, 0.25) is 5.91 Å². The second-order valence-electron chi connectivity index (χ2n) is 5.62. The van der Waals surface area contributed by atoms with E-state index < -0.39 is 0 Å². The Bertz CT molecular complexity index is 482. The van der Waals surface area contributed by atoms with Crippen LogP contribution < -0.4 is 9.80 Å². The number of rotatable bonds is 1. The van der Waals surface area contributed by atoms with E-state index in [1.165, 1.54) is 32.1 Å². The van der Waals surface area contributed by atoms with E-state index in [1.54, 1.807) is 4.90 Å². The van der Waals surface area contributed by atoms with E-state index in [-0.39, 0.29) is 11.9 Å². The molecule has 102 valence electrons. The highest BCUT2D eigenvalue weighted by molar-refractivity contribution is 6.04. The predicted molar refractivity (Wildman–Crippen MR) is 76.5 cm³/mol. The molecule has 2 aliphatic rings. The zero-order valence-corrected chi connectivity index (χ0v) is 11.7. The summed E-state index contributed by atoms with van der Waals surface area (Å²) in [4.78, 5) is 20.9. The van der Waals surface area contributed by atoms with Crippen LogP contribution in [0.2, 0.25) is 0 Å². The van der Waals surface area contributed by atoms with Gasteiger partial charge in [-0.25, -0.2) is 4.98 Å². The van der Waals surface area contributed by atoms with Crippen LogP contribution in [0.25, 0.3) is 0 Å². The van der Waals surface area contributed by atoms with Crippen molar-refractivity contribution in [3.63, 3.8) is 0 Å². The number of hydrogen-bond acceptors (Lipinski definition) is 3. The van der Waals surface area contributed by atoms with E-state index in [2.05, 4.69) is 9.88 Å². The summed E-state index contributed by atoms with van der Waals surface area (Å²) in [6.07, 6.45) is 8.03. The van der Waals surface area contributed by atoms with Crippen LogP contribution in [0.3, 0.4) is 0 Å². The van der Waals surface area contributed by atoms with Gasteiger partial charge in [0, 0.05) is 19.3 Å². The number of aromatic nitrogens is 1. The van der Waals surface area contributed by atoms with Crippen LogP contribution in [-0.4, -0.2) is 30.0 Å². The largest absolute Gasteiger partial charge is 0.340 e. The summed E-state index contributed by atoms with van der Waals surface area (Å²) in [6.45, 7) is 2.01. The van der Waals surface area contributed by atoms with Crippen molar-refractivity contribution in [3.8, 4) is 0 Å². The van der Waals surface area contributed by atoms with Crippen molar-refractivity contribution >= 4 is 17.4 Å². The Kier molecular flexibility index (Phi) is 3.17. The molecule has 1 saturated carbocycles. The first-order chi connectivity index (χ1) is 9.20. The van der Waals surface area contributed by atoms with E-state index in [0.29, 0.717) is 6.04 Å². The lowest BCUT2D eigenvalue weighted by atomic mass is 9.92. The lowest BCUT2D eigenvalue weighted by molar-refractivity contribution is -0.119. The molecule has 0 N–H and O–H groups in total. The Morgan fingerprint density at radius 3 is 2.74 bits per heavy atom. The van der Waals surface area contributed by atoms with Crippen molar-refractivity contribution < 1.29 is 4.79 Å². The summed E-state index contributed by atoms with van der Waals surface area (Å²) in [5.74, 6) is 1.15. The number of pyridine rings is 1. The SMILES string of the molecule is C[C@@H]1C(=O)N(C)c2cccnc2N1C1CCCCC1. The van der Waals surface area contributed by atoms with Gasteiger partial charge in [-0.1, -0.05) is 19.3 Å². The van der Waals surface area contributed by atoms with Crippen molar-refractivity contribution in [1.29, 1.82) is 0 Å². The fourth-order valence-corrected chi connectivity index (χ4v) is 3.40. The number of amides is 1. The molecule has 0 aromatic carbocycles. The fraction of sp³-hybridized carbons (Fsp3) is 0.600. The molecule has 0 saturated heterocycles. The lowest BCUT2D eigenvalue weighted by Gasteiger charge is -2.44. The summed E-state index contributed by atoms with van der Waals surface area (Å²) in [7, 11) is 1.84. The third kappa shape index (κ3) is 1.99. The standard InChI is InChI=1S/C15H21N3O/c1-11-15(19)17(2)13-9-6-10-16-14(13)18(11)12-7-4-3-5-8-12/h6,9-12H,3-5,7-8H2,1-2H3/t11-/m1/s1. The lowest BCUT2D eigenvalue weighted by Crippen LogP contribution is -2.55. The highest BCUT2D eigenvalue weighted by atomic mass is 16.2. The van der Waals surface area contributed by atoms with E-state index >= 15 is 0 Å². The zero-order chi connectivity index (χ0) is 13.4. The quantitative estimate of drug-likeness (QED) is 0.777. The molecule has 0 spiro atoms. The molecule has 19 heavy (non-hydrogen) atoms. The number of carbonyl (C=O) groups excluding carboxylic acids is 1. The van der Waals surface area contributed by atoms with Crippen molar-refractivity contribution in [2.24, 2.45) is 0 Å². The summed E-state index contributed by atoms with van der Waals surface area (Å²) in [5.41, 5.74) is 0.941. The van der Waals surface area contributed by atoms with Gasteiger partial charge in [-0.2, -0.15) is 0 Å². The molecule has 0 bridgehead atoms. The average Bonchev–Trinajstić information content (AvgIpc) is 2.46. The molecule has 1 amide bonds. The Morgan fingerprint density at radius 2 is 2.00 bits per heavy atom. The molecule has 2 heterocycles. The number of fused-ring (bicyclic) bond motifs is 1. The van der Waals surface area contributed by atoms with Gasteiger partial charge in [-0.3, -0.25) is 4.79 Å². The van der Waals surface area contributed by atoms with Crippen LogP contribution in [-0.2, 0) is 4.79 Å². The molecule has 1 aliphatic heterocycles. The van der Waals surface area contributed by atoms with Crippen molar-refractivity contribution in [2.75, 3.05) is 16.8 Å². The molecule has 4 nitrogen and oxygen atoms in total. The summed E-state index contributed by atoms with van der Waals surface area (Å²) in [6, 6.07) is 4.25. The van der Waals surface area contributed by atoms with E-state index in [1.807, 2.05) is 32.3 Å². The van der Waals surface area contributed by atoms with Crippen molar-refractivity contribution in [1.82, 2.24) is 4.98 Å². The molecule has 0 unspecified atom stereocenters. The van der Waals surface area contributed by atoms with Crippen molar-refractivity contribution in [2.45, 2.75) is 51.1 Å². The highest BCUT2D eigenvalue weighted by Crippen LogP contribution is 2.37. The van der Waals surface area contributed by atoms with Gasteiger partial charge in [0.15, 0.2) is 5.82 Å². The summed E-state index contributed by atoms with van der Waals surface area (Å²) >= 11 is 0. The predicted octanol–water partition coefficient (Wildman–Crippen LogP) is 2.59. The van der Waals surface area contributed by atoms with Crippen LogP contribution in [0.1, 0.15) is 39.0 Å². The third-order valence-electron chi connectivity index (χ3n) is 4.45. The van der Waals surface area contributed by atoms with Crippen LogP contribution in [0, 0.1) is 0 Å². The van der Waals surface area contributed by atoms with Gasteiger partial charge < -0.3 is 9.80 Å². The Morgan fingerprint density at radius 1 is 1.26 bits per heavy atom. The minimum Gasteiger partial charge on any atom is -0.340 e. The average molecular weight is 259 g/mol. The monoisotopic (exact) mass is 259 g/mol. The molecule has 1 aromatic heterocycles. The maximum Gasteiger partial charge on any atom is 0.249 e. The molecule has 1 aromatic rings. The molecule has 1 aliphatic carbocycles. The van der Waals surface area contributed by atoms with E-state index in [0.717, 1.165) is 11.5 Å². The molecular formula is C15H21N3O. The Hall–Kier alpha value is -1.58. The van der Waals surface area contributed by atoms with Gasteiger partial charge >= 0.3 is 0 Å². The smallest absolute Gasteiger partial charge is 0.249 e. The summed E-state index contributed by atoms with van der Waals surface area (Å²) < 4.78 is 0. The van der Waals surface area contributed by atoms with Gasteiger partial charge in [0.25, 0.3) is 0 Å². The second-order valence-corrected chi connectivity index (χ2v) is 5.62. The Labute approximate surface area is 114 Å². The number of hydrogen-bond donors (Lipinski definition) is 0. The maximum absolute atomic E-state index is 12.4. The zero-order valence-electron chi connectivity index (χ0n) is 11.7. The third-order valence-corrected chi connectivity index (χ3v) is 4.45. The Balaban J connectivity index is 2.02. The van der Waals surface area contributed by atoms with Crippen LogP contribution in [0.15, 0.2) is 18.3 Å². The number of nitrogens with zero attached hydrogens (tertiary/aromatic N) is 3. The van der Waals surface area contributed by atoms with Gasteiger partial charge in [-0.05, 0) is 31.9 Å². The molecular weight excluding hydrogens is 238 g/mol. The van der Waals surface area contributed by atoms with E-state index in [9.17, 15) is 4.79 Å². The molecule has 3 rings (SSSR count). The van der Waals surface area contributed by atoms with Crippen LogP contribution >= 0.6 is 0 Å². The van der Waals surface area contributed by atoms with Gasteiger partial charge in [0.05, 0.1) is 5.69 Å². The van der Waals surface area contributed by atoms with Crippen LogP contribution in [0.5, 0.6) is 0 Å². The first-order valence-electron chi connectivity index (χ1n) is 7.21. The maximum atomic E-state index is 12.4. The normalized spacial score (nSPS) is 24.5. The topological polar surface area (TPSA) is 36.4 Å². The fourth-order valence-electron chi connectivity index (χ4n) is 3.40. The minimum atomic E-state index is -0.101. The number of anilines is 2.